The Morgan fingerprint density at radius 2 is 1.87 bits per heavy atom. The second-order valence-corrected chi connectivity index (χ2v) is 6.04. The van der Waals surface area contributed by atoms with Crippen LogP contribution in [0.3, 0.4) is 0 Å². The molecule has 0 bridgehead atoms. The van der Waals surface area contributed by atoms with Gasteiger partial charge in [-0.1, -0.05) is 23.5 Å². The molecule has 118 valence electrons. The van der Waals surface area contributed by atoms with E-state index in [4.69, 9.17) is 14.6 Å². The molecule has 1 heterocycles. The maximum Gasteiger partial charge on any atom is 0.310 e. The fraction of sp³-hybridized carbons (Fsp3) is 0.176. The van der Waals surface area contributed by atoms with Gasteiger partial charge in [-0.15, -0.1) is 0 Å². The van der Waals surface area contributed by atoms with Crippen molar-refractivity contribution in [2.45, 2.75) is 12.8 Å². The molecule has 3 rings (SSSR count). The Kier molecular flexibility index (Phi) is 4.16. The highest BCUT2D eigenvalue weighted by molar-refractivity contribution is 7.20. The fourth-order valence-electron chi connectivity index (χ4n) is 2.12. The molecule has 0 amide bonds. The smallest absolute Gasteiger partial charge is 0.310 e. The standard InChI is InChI=1S/C17H15NO4S/c1-10(16(19)20)11-3-5-12(6-4-11)22-17-18-14-8-7-13(21-2)9-15(14)23-17/h3-10H,1-2H3,(H,19,20). The minimum absolute atomic E-state index is 0.535. The monoisotopic (exact) mass is 329 g/mol. The molecule has 3 aromatic rings. The number of ether oxygens (including phenoxy) is 2. The molecule has 0 radical (unpaired) electrons. The van der Waals surface area contributed by atoms with E-state index in [0.717, 1.165) is 21.5 Å². The predicted octanol–water partition coefficient (Wildman–Crippen LogP) is 4.29. The Labute approximate surface area is 137 Å². The molecule has 0 fully saturated rings. The van der Waals surface area contributed by atoms with Gasteiger partial charge in [-0.2, -0.15) is 0 Å². The summed E-state index contributed by atoms with van der Waals surface area (Å²) in [5.74, 6) is 0.00910. The lowest BCUT2D eigenvalue weighted by molar-refractivity contribution is -0.138. The quantitative estimate of drug-likeness (QED) is 0.756. The maximum atomic E-state index is 11.0. The zero-order chi connectivity index (χ0) is 16.4. The van der Waals surface area contributed by atoms with Crippen LogP contribution in [0.4, 0.5) is 0 Å². The average molecular weight is 329 g/mol. The molecule has 0 aliphatic rings. The van der Waals surface area contributed by atoms with E-state index in [2.05, 4.69) is 4.98 Å². The summed E-state index contributed by atoms with van der Waals surface area (Å²) >= 11 is 1.43. The van der Waals surface area contributed by atoms with E-state index in [-0.39, 0.29) is 0 Å². The number of thiazole rings is 1. The SMILES string of the molecule is COc1ccc2nc(Oc3ccc(C(C)C(=O)O)cc3)sc2c1. The van der Waals surface area contributed by atoms with Crippen LogP contribution in [0.1, 0.15) is 18.4 Å². The molecular formula is C17H15NO4S. The second kappa shape index (κ2) is 6.26. The third-order valence-corrected chi connectivity index (χ3v) is 4.43. The average Bonchev–Trinajstić information content (AvgIpc) is 2.95. The Balaban J connectivity index is 1.80. The molecule has 5 nitrogen and oxygen atoms in total. The van der Waals surface area contributed by atoms with Crippen LogP contribution in [0.15, 0.2) is 42.5 Å². The zero-order valence-corrected chi connectivity index (χ0v) is 13.5. The van der Waals surface area contributed by atoms with Gasteiger partial charge in [0.2, 0.25) is 0 Å². The van der Waals surface area contributed by atoms with Gasteiger partial charge in [-0.05, 0) is 42.8 Å². The van der Waals surface area contributed by atoms with Crippen molar-refractivity contribution >= 4 is 27.5 Å². The summed E-state index contributed by atoms with van der Waals surface area (Å²) in [5.41, 5.74) is 1.58. The highest BCUT2D eigenvalue weighted by atomic mass is 32.1. The molecular weight excluding hydrogens is 314 g/mol. The molecule has 1 N–H and O–H groups in total. The fourth-order valence-corrected chi connectivity index (χ4v) is 2.99. The first-order valence-corrected chi connectivity index (χ1v) is 7.83. The van der Waals surface area contributed by atoms with E-state index in [0.29, 0.717) is 10.9 Å². The van der Waals surface area contributed by atoms with Crippen LogP contribution >= 0.6 is 11.3 Å². The van der Waals surface area contributed by atoms with Crippen molar-refractivity contribution in [1.29, 1.82) is 0 Å². The van der Waals surface area contributed by atoms with Crippen LogP contribution in [0, 0.1) is 0 Å². The molecule has 0 spiro atoms. The van der Waals surface area contributed by atoms with Gasteiger partial charge in [-0.3, -0.25) is 4.79 Å². The predicted molar refractivity (Wildman–Crippen MR) is 88.7 cm³/mol. The molecule has 1 unspecified atom stereocenters. The van der Waals surface area contributed by atoms with E-state index >= 15 is 0 Å². The number of fused-ring (bicyclic) bond motifs is 1. The Morgan fingerprint density at radius 3 is 2.52 bits per heavy atom. The lowest BCUT2D eigenvalue weighted by Crippen LogP contribution is -2.06. The van der Waals surface area contributed by atoms with Gasteiger partial charge in [0.25, 0.3) is 5.19 Å². The zero-order valence-electron chi connectivity index (χ0n) is 12.6. The van der Waals surface area contributed by atoms with Gasteiger partial charge in [-0.25, -0.2) is 4.98 Å². The number of aliphatic carboxylic acids is 1. The molecule has 1 aromatic heterocycles. The maximum absolute atomic E-state index is 11.0. The van der Waals surface area contributed by atoms with Crippen LogP contribution in [0.5, 0.6) is 16.7 Å². The highest BCUT2D eigenvalue weighted by Crippen LogP contribution is 2.33. The van der Waals surface area contributed by atoms with Crippen molar-refractivity contribution in [2.24, 2.45) is 0 Å². The minimum atomic E-state index is -0.848. The number of hydrogen-bond acceptors (Lipinski definition) is 5. The van der Waals surface area contributed by atoms with Gasteiger partial charge < -0.3 is 14.6 Å². The summed E-state index contributed by atoms with van der Waals surface area (Å²) in [6.07, 6.45) is 0. The number of carboxylic acids is 1. The van der Waals surface area contributed by atoms with E-state index in [9.17, 15) is 4.79 Å². The van der Waals surface area contributed by atoms with Crippen LogP contribution in [-0.4, -0.2) is 23.2 Å². The number of carbonyl (C=O) groups is 1. The Bertz CT molecular complexity index is 841. The number of hydrogen-bond donors (Lipinski definition) is 1. The number of benzene rings is 2. The van der Waals surface area contributed by atoms with Crippen LogP contribution in [-0.2, 0) is 4.79 Å². The van der Waals surface area contributed by atoms with Crippen molar-refractivity contribution in [2.75, 3.05) is 7.11 Å². The highest BCUT2D eigenvalue weighted by Gasteiger charge is 2.13. The summed E-state index contributed by atoms with van der Waals surface area (Å²) in [7, 11) is 1.62. The first kappa shape index (κ1) is 15.3. The number of aromatic nitrogens is 1. The molecule has 0 saturated heterocycles. The second-order valence-electron chi connectivity index (χ2n) is 5.04. The molecule has 0 aliphatic carbocycles. The summed E-state index contributed by atoms with van der Waals surface area (Å²) in [4.78, 5) is 15.4. The lowest BCUT2D eigenvalue weighted by atomic mass is 10.0. The molecule has 0 saturated carbocycles. The first-order valence-electron chi connectivity index (χ1n) is 7.02. The Morgan fingerprint density at radius 1 is 1.17 bits per heavy atom. The van der Waals surface area contributed by atoms with Crippen molar-refractivity contribution < 1.29 is 19.4 Å². The van der Waals surface area contributed by atoms with Crippen LogP contribution in [0.2, 0.25) is 0 Å². The first-order chi connectivity index (χ1) is 11.1. The van der Waals surface area contributed by atoms with Gasteiger partial charge in [0.15, 0.2) is 0 Å². The van der Waals surface area contributed by atoms with Crippen molar-refractivity contribution in [3.63, 3.8) is 0 Å². The molecule has 0 aliphatic heterocycles. The summed E-state index contributed by atoms with van der Waals surface area (Å²) in [5, 5.41) is 9.55. The number of carboxylic acid groups (broad SMARTS) is 1. The molecule has 6 heteroatoms. The third-order valence-electron chi connectivity index (χ3n) is 3.53. The number of rotatable bonds is 5. The molecule has 23 heavy (non-hydrogen) atoms. The van der Waals surface area contributed by atoms with E-state index in [1.165, 1.54) is 11.3 Å². The van der Waals surface area contributed by atoms with E-state index in [1.807, 2.05) is 18.2 Å². The summed E-state index contributed by atoms with van der Waals surface area (Å²) in [6, 6.07) is 12.7. The van der Waals surface area contributed by atoms with Gasteiger partial charge in [0.1, 0.15) is 11.5 Å². The lowest BCUT2D eigenvalue weighted by Gasteiger charge is -2.07. The largest absolute Gasteiger partial charge is 0.497 e. The normalized spacial score (nSPS) is 12.1. The van der Waals surface area contributed by atoms with Gasteiger partial charge in [0.05, 0.1) is 23.2 Å². The van der Waals surface area contributed by atoms with Gasteiger partial charge in [0, 0.05) is 0 Å². The van der Waals surface area contributed by atoms with Crippen LogP contribution < -0.4 is 9.47 Å². The topological polar surface area (TPSA) is 68.7 Å². The number of nitrogens with zero attached hydrogens (tertiary/aromatic N) is 1. The van der Waals surface area contributed by atoms with Crippen molar-refractivity contribution in [3.05, 3.63) is 48.0 Å². The minimum Gasteiger partial charge on any atom is -0.497 e. The third kappa shape index (κ3) is 3.27. The van der Waals surface area contributed by atoms with Crippen molar-refractivity contribution in [1.82, 2.24) is 4.98 Å². The van der Waals surface area contributed by atoms with E-state index < -0.39 is 11.9 Å². The van der Waals surface area contributed by atoms with Gasteiger partial charge >= 0.3 is 5.97 Å². The van der Waals surface area contributed by atoms with Crippen molar-refractivity contribution in [3.8, 4) is 16.7 Å². The summed E-state index contributed by atoms with van der Waals surface area (Å²) < 4.78 is 11.9. The number of methoxy groups -OCH3 is 1. The Hall–Kier alpha value is -2.60. The van der Waals surface area contributed by atoms with Crippen LogP contribution in [0.25, 0.3) is 10.2 Å². The molecule has 2 aromatic carbocycles. The summed E-state index contributed by atoms with van der Waals surface area (Å²) in [6.45, 7) is 1.65. The molecule has 1 atom stereocenters. The van der Waals surface area contributed by atoms with E-state index in [1.54, 1.807) is 38.3 Å².